The van der Waals surface area contributed by atoms with E-state index < -0.39 is 0 Å². The van der Waals surface area contributed by atoms with E-state index in [0.29, 0.717) is 11.0 Å². The van der Waals surface area contributed by atoms with Crippen LogP contribution in [-0.2, 0) is 20.9 Å². The lowest BCUT2D eigenvalue weighted by molar-refractivity contribution is -0.924. The first-order valence-electron chi connectivity index (χ1n) is 11.5. The van der Waals surface area contributed by atoms with Gasteiger partial charge in [0.1, 0.15) is 12.4 Å². The van der Waals surface area contributed by atoms with Gasteiger partial charge in [0.15, 0.2) is 12.6 Å². The second kappa shape index (κ2) is 9.33. The van der Waals surface area contributed by atoms with Crippen LogP contribution in [0, 0.1) is 13.8 Å². The van der Waals surface area contributed by atoms with Crippen molar-refractivity contribution in [2.45, 2.75) is 45.8 Å². The summed E-state index contributed by atoms with van der Waals surface area (Å²) in [4.78, 5) is 28.4. The number of ether oxygens (including phenoxy) is 2. The average molecular weight is 438 g/mol. The van der Waals surface area contributed by atoms with E-state index in [1.807, 2.05) is 61.2 Å². The Bertz CT molecular complexity index is 960. The van der Waals surface area contributed by atoms with Crippen molar-refractivity contribution in [1.29, 1.82) is 0 Å². The number of likely N-dealkylation sites (tertiary alicyclic amines) is 1. The van der Waals surface area contributed by atoms with Crippen LogP contribution in [-0.4, -0.2) is 55.7 Å². The van der Waals surface area contributed by atoms with Gasteiger partial charge in [0.25, 0.3) is 5.91 Å². The summed E-state index contributed by atoms with van der Waals surface area (Å²) in [5.41, 5.74) is 4.02. The Hall–Kier alpha value is -2.86. The normalized spacial score (nSPS) is 19.9. The number of methoxy groups -OCH3 is 1. The average Bonchev–Trinajstić information content (AvgIpc) is 3.40. The molecule has 0 radical (unpaired) electrons. The molecule has 2 saturated heterocycles. The number of carbonyl (C=O) groups excluding carboxylic acids is 2. The largest absolute Gasteiger partial charge is 0.497 e. The van der Waals surface area contributed by atoms with Gasteiger partial charge < -0.3 is 18.9 Å². The maximum atomic E-state index is 13.6. The van der Waals surface area contributed by atoms with Gasteiger partial charge in [0.05, 0.1) is 20.2 Å². The summed E-state index contributed by atoms with van der Waals surface area (Å²) in [5, 5.41) is 0. The van der Waals surface area contributed by atoms with Gasteiger partial charge in [0.2, 0.25) is 0 Å². The number of benzene rings is 2. The number of esters is 1. The lowest BCUT2D eigenvalue weighted by Gasteiger charge is -2.37. The highest BCUT2D eigenvalue weighted by Crippen LogP contribution is 2.36. The van der Waals surface area contributed by atoms with E-state index in [4.69, 9.17) is 9.47 Å². The maximum absolute atomic E-state index is 13.6. The van der Waals surface area contributed by atoms with Gasteiger partial charge >= 0.3 is 5.97 Å². The molecule has 2 aliphatic heterocycles. The molecule has 0 aliphatic carbocycles. The molecule has 2 aromatic carbocycles. The fourth-order valence-corrected chi connectivity index (χ4v) is 5.44. The van der Waals surface area contributed by atoms with Crippen molar-refractivity contribution in [2.24, 2.45) is 0 Å². The summed E-state index contributed by atoms with van der Waals surface area (Å²) >= 11 is 0. The smallest absolute Gasteiger partial charge is 0.362 e. The first-order chi connectivity index (χ1) is 15.4. The van der Waals surface area contributed by atoms with Crippen molar-refractivity contribution in [1.82, 2.24) is 0 Å². The molecule has 4 rings (SSSR count). The van der Waals surface area contributed by atoms with Crippen LogP contribution in [0.1, 0.15) is 36.0 Å². The molecule has 2 aromatic rings. The number of hydrogen-bond donors (Lipinski definition) is 0. The van der Waals surface area contributed by atoms with Crippen molar-refractivity contribution in [3.63, 3.8) is 0 Å². The van der Waals surface area contributed by atoms with E-state index in [2.05, 4.69) is 0 Å². The third-order valence-electron chi connectivity index (χ3n) is 6.95. The summed E-state index contributed by atoms with van der Waals surface area (Å²) in [6.45, 7) is 6.96. The van der Waals surface area contributed by atoms with Gasteiger partial charge in [-0.05, 0) is 42.7 Å². The first-order valence-corrected chi connectivity index (χ1v) is 11.5. The fourth-order valence-electron chi connectivity index (χ4n) is 5.44. The minimum Gasteiger partial charge on any atom is -0.497 e. The number of amides is 1. The summed E-state index contributed by atoms with van der Waals surface area (Å²) in [6, 6.07) is 13.5. The third kappa shape index (κ3) is 4.37. The molecule has 6 nitrogen and oxygen atoms in total. The Morgan fingerprint density at radius 3 is 2.38 bits per heavy atom. The molecular weight excluding hydrogens is 404 g/mol. The first kappa shape index (κ1) is 22.3. The highest BCUT2D eigenvalue weighted by Gasteiger charge is 2.51. The predicted octanol–water partition coefficient (Wildman–Crippen LogP) is 3.77. The van der Waals surface area contributed by atoms with Crippen LogP contribution in [0.15, 0.2) is 42.5 Å². The SMILES string of the molecule is COc1cc(C)c(N2CCC([N+]3(CC(=O)OCc4ccccc4)CCCC3)C2=O)c(C)c1. The Kier molecular flexibility index (Phi) is 6.51. The third-order valence-corrected chi connectivity index (χ3v) is 6.95. The Balaban J connectivity index is 1.50. The number of hydrogen-bond acceptors (Lipinski definition) is 4. The lowest BCUT2D eigenvalue weighted by atomic mass is 10.1. The number of carbonyl (C=O) groups is 2. The Morgan fingerprint density at radius 1 is 1.09 bits per heavy atom. The molecule has 32 heavy (non-hydrogen) atoms. The molecule has 6 heteroatoms. The van der Waals surface area contributed by atoms with Crippen molar-refractivity contribution in [2.75, 3.05) is 38.2 Å². The van der Waals surface area contributed by atoms with E-state index in [1.54, 1.807) is 7.11 Å². The number of anilines is 1. The highest BCUT2D eigenvalue weighted by atomic mass is 16.5. The molecular formula is C26H33N2O4+. The van der Waals surface area contributed by atoms with E-state index >= 15 is 0 Å². The van der Waals surface area contributed by atoms with Crippen LogP contribution in [0.4, 0.5) is 5.69 Å². The van der Waals surface area contributed by atoms with E-state index in [1.165, 1.54) is 0 Å². The minimum absolute atomic E-state index is 0.124. The molecule has 2 heterocycles. The monoisotopic (exact) mass is 437 g/mol. The van der Waals surface area contributed by atoms with Crippen LogP contribution in [0.25, 0.3) is 0 Å². The Labute approximate surface area is 190 Å². The molecule has 1 atom stereocenters. The molecule has 0 bridgehead atoms. The standard InChI is InChI=1S/C26H33N2O4/c1-19-15-22(31-3)16-20(2)25(19)27-12-11-23(26(27)30)28(13-7-8-14-28)17-24(29)32-18-21-9-5-4-6-10-21/h4-6,9-10,15-16,23H,7-8,11-14,17-18H2,1-3H3/q+1. The van der Waals surface area contributed by atoms with Gasteiger partial charge in [-0.3, -0.25) is 4.79 Å². The molecule has 0 saturated carbocycles. The van der Waals surface area contributed by atoms with Crippen LogP contribution in [0.5, 0.6) is 5.75 Å². The summed E-state index contributed by atoms with van der Waals surface area (Å²) in [7, 11) is 1.66. The number of aryl methyl sites for hydroxylation is 2. The van der Waals surface area contributed by atoms with E-state index in [0.717, 1.165) is 60.5 Å². The van der Waals surface area contributed by atoms with Gasteiger partial charge in [-0.1, -0.05) is 30.3 Å². The van der Waals surface area contributed by atoms with Crippen LogP contribution < -0.4 is 9.64 Å². The van der Waals surface area contributed by atoms with Gasteiger partial charge in [-0.15, -0.1) is 0 Å². The fraction of sp³-hybridized carbons (Fsp3) is 0.462. The number of nitrogens with zero attached hydrogens (tertiary/aromatic N) is 2. The molecule has 0 aromatic heterocycles. The molecule has 0 spiro atoms. The molecule has 1 amide bonds. The number of quaternary nitrogens is 1. The van der Waals surface area contributed by atoms with Gasteiger partial charge in [0, 0.05) is 31.5 Å². The van der Waals surface area contributed by atoms with Gasteiger partial charge in [-0.25, -0.2) is 4.79 Å². The second-order valence-electron chi connectivity index (χ2n) is 9.08. The van der Waals surface area contributed by atoms with Crippen molar-refractivity contribution in [3.8, 4) is 5.75 Å². The van der Waals surface area contributed by atoms with Gasteiger partial charge in [-0.2, -0.15) is 0 Å². The van der Waals surface area contributed by atoms with E-state index in [9.17, 15) is 9.59 Å². The van der Waals surface area contributed by atoms with Crippen molar-refractivity contribution < 1.29 is 23.5 Å². The molecule has 2 fully saturated rings. The Morgan fingerprint density at radius 2 is 1.75 bits per heavy atom. The van der Waals surface area contributed by atoms with Crippen molar-refractivity contribution >= 4 is 17.6 Å². The van der Waals surface area contributed by atoms with Crippen LogP contribution in [0.3, 0.4) is 0 Å². The van der Waals surface area contributed by atoms with Crippen molar-refractivity contribution in [3.05, 3.63) is 59.2 Å². The molecule has 2 aliphatic rings. The summed E-state index contributed by atoms with van der Waals surface area (Å²) in [5.74, 6) is 0.703. The molecule has 1 unspecified atom stereocenters. The van der Waals surface area contributed by atoms with Crippen LogP contribution in [0.2, 0.25) is 0 Å². The highest BCUT2D eigenvalue weighted by molar-refractivity contribution is 6.00. The summed E-state index contributed by atoms with van der Waals surface area (Å²) < 4.78 is 11.5. The molecule has 0 N–H and O–H groups in total. The maximum Gasteiger partial charge on any atom is 0.362 e. The summed E-state index contributed by atoms with van der Waals surface area (Å²) in [6.07, 6.45) is 2.84. The second-order valence-corrected chi connectivity index (χ2v) is 9.08. The predicted molar refractivity (Wildman–Crippen MR) is 124 cm³/mol. The quantitative estimate of drug-likeness (QED) is 0.489. The topological polar surface area (TPSA) is 55.8 Å². The minimum atomic E-state index is -0.223. The van der Waals surface area contributed by atoms with E-state index in [-0.39, 0.29) is 31.1 Å². The lowest BCUT2D eigenvalue weighted by Crippen LogP contribution is -2.59. The molecule has 170 valence electrons. The van der Waals surface area contributed by atoms with Crippen LogP contribution >= 0.6 is 0 Å². The zero-order valence-corrected chi connectivity index (χ0v) is 19.3. The number of rotatable bonds is 7. The zero-order valence-electron chi connectivity index (χ0n) is 19.3. The zero-order chi connectivity index (χ0) is 22.7.